The molecule has 3 rings (SSSR count). The number of likely N-dealkylation sites (tertiary alicyclic amines) is 1. The Morgan fingerprint density at radius 2 is 1.70 bits per heavy atom. The lowest BCUT2D eigenvalue weighted by Gasteiger charge is -2.25. The summed E-state index contributed by atoms with van der Waals surface area (Å²) < 4.78 is 26.5. The van der Waals surface area contributed by atoms with E-state index in [4.69, 9.17) is 0 Å². The summed E-state index contributed by atoms with van der Waals surface area (Å²) in [7, 11) is 0. The van der Waals surface area contributed by atoms with Crippen LogP contribution in [0.5, 0.6) is 0 Å². The summed E-state index contributed by atoms with van der Waals surface area (Å²) in [6.45, 7) is 1.48. The maximum absolute atomic E-state index is 13.4. The Morgan fingerprint density at radius 1 is 1.00 bits per heavy atom. The van der Waals surface area contributed by atoms with Crippen molar-refractivity contribution in [3.8, 4) is 0 Å². The number of hydrogen-bond acceptors (Lipinski definition) is 2. The Morgan fingerprint density at radius 3 is 2.35 bits per heavy atom. The van der Waals surface area contributed by atoms with Crippen molar-refractivity contribution in [2.24, 2.45) is 0 Å². The molecule has 1 saturated heterocycles. The van der Waals surface area contributed by atoms with Gasteiger partial charge in [0.2, 0.25) is 5.91 Å². The number of nitrogens with zero attached hydrogens (tertiary/aromatic N) is 1. The lowest BCUT2D eigenvalue weighted by atomic mass is 10.1. The van der Waals surface area contributed by atoms with Crippen LogP contribution in [0.15, 0.2) is 48.5 Å². The maximum Gasteiger partial charge on any atom is 0.249 e. The van der Waals surface area contributed by atoms with E-state index in [1.165, 1.54) is 6.07 Å². The Hall–Kier alpha value is -2.43. The van der Waals surface area contributed by atoms with Gasteiger partial charge in [-0.2, -0.15) is 0 Å². The first-order chi connectivity index (χ1) is 11.1. The van der Waals surface area contributed by atoms with Crippen molar-refractivity contribution in [1.82, 2.24) is 4.90 Å². The van der Waals surface area contributed by atoms with Crippen LogP contribution in [0.4, 0.5) is 14.5 Å². The summed E-state index contributed by atoms with van der Waals surface area (Å²) >= 11 is 0. The fraction of sp³-hybridized carbons (Fsp3) is 0.278. The Kier molecular flexibility index (Phi) is 4.55. The van der Waals surface area contributed by atoms with Gasteiger partial charge in [0, 0.05) is 24.8 Å². The monoisotopic (exact) mass is 316 g/mol. The lowest BCUT2D eigenvalue weighted by molar-refractivity contribution is -0.131. The second-order valence-corrected chi connectivity index (χ2v) is 5.65. The fourth-order valence-corrected chi connectivity index (χ4v) is 2.81. The molecule has 0 aliphatic carbocycles. The van der Waals surface area contributed by atoms with Crippen LogP contribution in [-0.4, -0.2) is 23.9 Å². The molecule has 1 aliphatic rings. The van der Waals surface area contributed by atoms with E-state index in [0.29, 0.717) is 5.69 Å². The second kappa shape index (κ2) is 6.77. The quantitative estimate of drug-likeness (QED) is 0.932. The largest absolute Gasteiger partial charge is 0.370 e. The zero-order valence-electron chi connectivity index (χ0n) is 12.6. The molecule has 120 valence electrons. The minimum Gasteiger partial charge on any atom is -0.370 e. The SMILES string of the molecule is O=C(C(Nc1ccc(F)c(F)c1)c1ccccc1)N1CCCC1. The van der Waals surface area contributed by atoms with Gasteiger partial charge in [-0.1, -0.05) is 30.3 Å². The van der Waals surface area contributed by atoms with Crippen LogP contribution in [0, 0.1) is 11.6 Å². The standard InChI is InChI=1S/C18H18F2N2O/c19-15-9-8-14(12-16(15)20)21-17(13-6-2-1-3-7-13)18(23)22-10-4-5-11-22/h1-3,6-9,12,17,21H,4-5,10-11H2. The average molecular weight is 316 g/mol. The van der Waals surface area contributed by atoms with E-state index in [1.54, 1.807) is 0 Å². The van der Waals surface area contributed by atoms with Gasteiger partial charge in [0.1, 0.15) is 6.04 Å². The van der Waals surface area contributed by atoms with Crippen LogP contribution in [0.2, 0.25) is 0 Å². The number of nitrogens with one attached hydrogen (secondary N) is 1. The van der Waals surface area contributed by atoms with E-state index in [9.17, 15) is 13.6 Å². The van der Waals surface area contributed by atoms with E-state index < -0.39 is 17.7 Å². The normalized spacial score (nSPS) is 15.5. The average Bonchev–Trinajstić information content (AvgIpc) is 3.10. The van der Waals surface area contributed by atoms with Gasteiger partial charge < -0.3 is 10.2 Å². The van der Waals surface area contributed by atoms with E-state index >= 15 is 0 Å². The number of amides is 1. The number of carbonyl (C=O) groups is 1. The van der Waals surface area contributed by atoms with Gasteiger partial charge in [0.15, 0.2) is 11.6 Å². The molecular weight excluding hydrogens is 298 g/mol. The molecule has 5 heteroatoms. The first kappa shape index (κ1) is 15.5. The summed E-state index contributed by atoms with van der Waals surface area (Å²) in [5.41, 5.74) is 1.18. The van der Waals surface area contributed by atoms with Crippen LogP contribution in [0.25, 0.3) is 0 Å². The topological polar surface area (TPSA) is 32.3 Å². The van der Waals surface area contributed by atoms with Crippen molar-refractivity contribution in [3.05, 3.63) is 65.7 Å². The third kappa shape index (κ3) is 3.50. The molecule has 1 fully saturated rings. The van der Waals surface area contributed by atoms with Crippen LogP contribution >= 0.6 is 0 Å². The summed E-state index contributed by atoms with van der Waals surface area (Å²) in [6, 6.07) is 12.2. The highest BCUT2D eigenvalue weighted by molar-refractivity contribution is 5.86. The number of rotatable bonds is 4. The molecule has 0 radical (unpaired) electrons. The molecule has 2 aromatic carbocycles. The van der Waals surface area contributed by atoms with Crippen molar-refractivity contribution < 1.29 is 13.6 Å². The van der Waals surface area contributed by atoms with E-state index in [2.05, 4.69) is 5.32 Å². The number of carbonyl (C=O) groups excluding carboxylic acids is 1. The third-order valence-electron chi connectivity index (χ3n) is 4.03. The van der Waals surface area contributed by atoms with E-state index in [0.717, 1.165) is 43.6 Å². The van der Waals surface area contributed by atoms with Gasteiger partial charge >= 0.3 is 0 Å². The minimum atomic E-state index is -0.935. The number of anilines is 1. The van der Waals surface area contributed by atoms with Crippen LogP contribution in [0.3, 0.4) is 0 Å². The second-order valence-electron chi connectivity index (χ2n) is 5.65. The Balaban J connectivity index is 1.88. The van der Waals surface area contributed by atoms with Crippen molar-refractivity contribution in [3.63, 3.8) is 0 Å². The predicted molar refractivity (Wildman–Crippen MR) is 85.0 cm³/mol. The van der Waals surface area contributed by atoms with Gasteiger partial charge in [0.25, 0.3) is 0 Å². The lowest BCUT2D eigenvalue weighted by Crippen LogP contribution is -2.36. The molecule has 1 heterocycles. The molecular formula is C18H18F2N2O. The number of benzene rings is 2. The Labute approximate surface area is 133 Å². The summed E-state index contributed by atoms with van der Waals surface area (Å²) in [4.78, 5) is 14.6. The molecule has 0 bridgehead atoms. The summed E-state index contributed by atoms with van der Waals surface area (Å²) in [5, 5.41) is 3.04. The molecule has 1 atom stereocenters. The molecule has 23 heavy (non-hydrogen) atoms. The first-order valence-electron chi connectivity index (χ1n) is 7.70. The molecule has 2 aromatic rings. The molecule has 3 nitrogen and oxygen atoms in total. The molecule has 0 saturated carbocycles. The molecule has 1 unspecified atom stereocenters. The zero-order chi connectivity index (χ0) is 16.2. The predicted octanol–water partition coefficient (Wildman–Crippen LogP) is 3.74. The molecule has 1 amide bonds. The highest BCUT2D eigenvalue weighted by atomic mass is 19.2. The third-order valence-corrected chi connectivity index (χ3v) is 4.03. The zero-order valence-corrected chi connectivity index (χ0v) is 12.6. The molecule has 1 aliphatic heterocycles. The maximum atomic E-state index is 13.4. The minimum absolute atomic E-state index is 0.0431. The van der Waals surface area contributed by atoms with Gasteiger partial charge in [0.05, 0.1) is 0 Å². The van der Waals surface area contributed by atoms with Crippen molar-refractivity contribution in [2.75, 3.05) is 18.4 Å². The highest BCUT2D eigenvalue weighted by Gasteiger charge is 2.27. The number of halogens is 2. The van der Waals surface area contributed by atoms with Crippen molar-refractivity contribution in [2.45, 2.75) is 18.9 Å². The molecule has 0 spiro atoms. The van der Waals surface area contributed by atoms with Crippen LogP contribution in [0.1, 0.15) is 24.4 Å². The molecule has 1 N–H and O–H groups in total. The fourth-order valence-electron chi connectivity index (χ4n) is 2.81. The number of hydrogen-bond donors (Lipinski definition) is 1. The van der Waals surface area contributed by atoms with Gasteiger partial charge in [-0.3, -0.25) is 4.79 Å². The molecule has 0 aromatic heterocycles. The van der Waals surface area contributed by atoms with Gasteiger partial charge in [-0.15, -0.1) is 0 Å². The Bertz CT molecular complexity index is 685. The van der Waals surface area contributed by atoms with E-state index in [1.807, 2.05) is 35.2 Å². The van der Waals surface area contributed by atoms with Crippen molar-refractivity contribution >= 4 is 11.6 Å². The van der Waals surface area contributed by atoms with Crippen LogP contribution in [-0.2, 0) is 4.79 Å². The van der Waals surface area contributed by atoms with Gasteiger partial charge in [-0.05, 0) is 30.5 Å². The highest BCUT2D eigenvalue weighted by Crippen LogP contribution is 2.24. The van der Waals surface area contributed by atoms with Gasteiger partial charge in [-0.25, -0.2) is 8.78 Å². The first-order valence-corrected chi connectivity index (χ1v) is 7.70. The van der Waals surface area contributed by atoms with E-state index in [-0.39, 0.29) is 5.91 Å². The van der Waals surface area contributed by atoms with Crippen LogP contribution < -0.4 is 5.32 Å². The summed E-state index contributed by atoms with van der Waals surface area (Å²) in [5.74, 6) is -1.88. The smallest absolute Gasteiger partial charge is 0.249 e. The van der Waals surface area contributed by atoms with Crippen molar-refractivity contribution in [1.29, 1.82) is 0 Å². The summed E-state index contributed by atoms with van der Waals surface area (Å²) in [6.07, 6.45) is 2.00.